The van der Waals surface area contributed by atoms with Crippen LogP contribution in [0.5, 0.6) is 0 Å². The molecule has 4 bridgehead atoms. The van der Waals surface area contributed by atoms with Gasteiger partial charge in [-0.05, 0) is 78.1 Å². The van der Waals surface area contributed by atoms with Crippen LogP contribution in [0.15, 0.2) is 0 Å². The van der Waals surface area contributed by atoms with Gasteiger partial charge in [-0.25, -0.2) is 0 Å². The zero-order chi connectivity index (χ0) is 26.2. The van der Waals surface area contributed by atoms with Crippen LogP contribution in [0.1, 0.15) is 79.6 Å². The lowest BCUT2D eigenvalue weighted by Crippen LogP contribution is -2.70. The second-order valence-electron chi connectivity index (χ2n) is 11.7. The number of carbonyl (C=O) groups is 2. The summed E-state index contributed by atoms with van der Waals surface area (Å²) < 4.78 is 91.5. The van der Waals surface area contributed by atoms with Gasteiger partial charge in [-0.1, -0.05) is 6.92 Å². The van der Waals surface area contributed by atoms with Crippen molar-refractivity contribution in [3.8, 4) is 0 Å². The first kappa shape index (κ1) is 27.1. The maximum absolute atomic E-state index is 13.4. The Balaban J connectivity index is 1.91. The summed E-state index contributed by atoms with van der Waals surface area (Å²) in [6.45, 7) is 6.08. The summed E-state index contributed by atoms with van der Waals surface area (Å²) in [5.74, 6) is -1.82. The number of hydrogen-bond donors (Lipinski definition) is 1. The van der Waals surface area contributed by atoms with Gasteiger partial charge in [-0.15, -0.1) is 0 Å². The lowest BCUT2D eigenvalue weighted by molar-refractivity contribution is -0.408. The van der Waals surface area contributed by atoms with E-state index in [9.17, 15) is 41.0 Å². The molecule has 4 fully saturated rings. The molecule has 5 nitrogen and oxygen atoms in total. The van der Waals surface area contributed by atoms with Crippen LogP contribution in [0.25, 0.3) is 0 Å². The fourth-order valence-electron chi connectivity index (χ4n) is 6.27. The van der Waals surface area contributed by atoms with Gasteiger partial charge >= 0.3 is 24.3 Å². The molecule has 34 heavy (non-hydrogen) atoms. The molecule has 1 N–H and O–H groups in total. The van der Waals surface area contributed by atoms with Crippen LogP contribution < -0.4 is 0 Å². The average Bonchev–Trinajstić information content (AvgIpc) is 2.63. The molecule has 0 saturated heterocycles. The normalized spacial score (nSPS) is 32.0. The monoisotopic (exact) mass is 502 g/mol. The third kappa shape index (κ3) is 4.09. The summed E-state index contributed by atoms with van der Waals surface area (Å²) in [7, 11) is 0. The smallest absolute Gasteiger partial charge is 0.430 e. The van der Waals surface area contributed by atoms with E-state index in [0.717, 1.165) is 6.42 Å². The fraction of sp³-hybridized carbons (Fsp3) is 0.913. The van der Waals surface area contributed by atoms with E-state index in [1.165, 1.54) is 0 Å². The summed E-state index contributed by atoms with van der Waals surface area (Å²) in [6, 6.07) is 0. The maximum Gasteiger partial charge on any atom is 0.430 e. The third-order valence-electron chi connectivity index (χ3n) is 8.23. The fourth-order valence-corrected chi connectivity index (χ4v) is 6.27. The van der Waals surface area contributed by atoms with Crippen LogP contribution in [-0.2, 0) is 19.1 Å². The molecule has 4 aliphatic carbocycles. The number of hydrogen-bond acceptors (Lipinski definition) is 5. The Labute approximate surface area is 194 Å². The Bertz CT molecular complexity index is 816. The number of halogens is 6. The highest BCUT2D eigenvalue weighted by Gasteiger charge is 2.79. The van der Waals surface area contributed by atoms with Crippen LogP contribution in [-0.4, -0.2) is 46.2 Å². The van der Waals surface area contributed by atoms with E-state index in [4.69, 9.17) is 9.47 Å². The van der Waals surface area contributed by atoms with Gasteiger partial charge in [0.15, 0.2) is 5.60 Å². The molecule has 4 aliphatic rings. The first-order valence-corrected chi connectivity index (χ1v) is 11.5. The number of aliphatic hydroxyl groups is 1. The van der Waals surface area contributed by atoms with Crippen molar-refractivity contribution in [2.75, 3.05) is 0 Å². The Morgan fingerprint density at radius 2 is 1.38 bits per heavy atom. The van der Waals surface area contributed by atoms with E-state index in [1.54, 1.807) is 13.8 Å². The number of rotatable bonds is 6. The second kappa shape index (κ2) is 7.74. The number of ether oxygens (including phenoxy) is 2. The van der Waals surface area contributed by atoms with Gasteiger partial charge in [0.1, 0.15) is 5.60 Å². The largest absolute Gasteiger partial charge is 0.459 e. The van der Waals surface area contributed by atoms with Gasteiger partial charge in [0.25, 0.3) is 5.60 Å². The predicted octanol–water partition coefficient (Wildman–Crippen LogP) is 5.48. The van der Waals surface area contributed by atoms with Crippen molar-refractivity contribution in [2.45, 2.75) is 109 Å². The molecule has 2 unspecified atom stereocenters. The summed E-state index contributed by atoms with van der Waals surface area (Å²) >= 11 is 0. The Kier molecular flexibility index (Phi) is 6.16. The molecule has 0 aliphatic heterocycles. The van der Waals surface area contributed by atoms with E-state index in [2.05, 4.69) is 0 Å². The van der Waals surface area contributed by atoms with E-state index >= 15 is 0 Å². The number of carbonyl (C=O) groups excluding carboxylic acids is 2. The van der Waals surface area contributed by atoms with Crippen molar-refractivity contribution >= 4 is 11.9 Å². The van der Waals surface area contributed by atoms with E-state index in [0.29, 0.717) is 33.1 Å². The molecule has 11 heteroatoms. The predicted molar refractivity (Wildman–Crippen MR) is 107 cm³/mol. The van der Waals surface area contributed by atoms with Crippen LogP contribution in [0, 0.1) is 22.7 Å². The SMILES string of the molecule is CCC(C)(C)C(=O)OC12CC3CC(C1)CC(C(=O)OC(C)(C)C(O)(C(F)(F)F)C(F)(F)F)(C3)C2. The minimum atomic E-state index is -6.14. The zero-order valence-corrected chi connectivity index (χ0v) is 20.0. The van der Waals surface area contributed by atoms with Crippen molar-refractivity contribution in [1.82, 2.24) is 0 Å². The molecule has 0 spiro atoms. The van der Waals surface area contributed by atoms with Crippen molar-refractivity contribution in [1.29, 1.82) is 0 Å². The minimum absolute atomic E-state index is 0.0239. The maximum atomic E-state index is 13.4. The molecular weight excluding hydrogens is 470 g/mol. The van der Waals surface area contributed by atoms with Gasteiger partial charge in [0, 0.05) is 6.42 Å². The molecule has 0 aromatic carbocycles. The van der Waals surface area contributed by atoms with Crippen LogP contribution >= 0.6 is 0 Å². The average molecular weight is 502 g/mol. The first-order chi connectivity index (χ1) is 15.1. The Morgan fingerprint density at radius 3 is 1.79 bits per heavy atom. The highest BCUT2D eigenvalue weighted by molar-refractivity contribution is 5.79. The molecule has 4 saturated carbocycles. The summed E-state index contributed by atoms with van der Waals surface area (Å²) in [5, 5.41) is 9.83. The Morgan fingerprint density at radius 1 is 0.912 bits per heavy atom. The van der Waals surface area contributed by atoms with Gasteiger partial charge in [-0.3, -0.25) is 9.59 Å². The van der Waals surface area contributed by atoms with Gasteiger partial charge < -0.3 is 14.6 Å². The Hall–Kier alpha value is -1.52. The molecular formula is C23H32F6O5. The lowest BCUT2D eigenvalue weighted by atomic mass is 9.47. The highest BCUT2D eigenvalue weighted by Crippen LogP contribution is 2.64. The van der Waals surface area contributed by atoms with Gasteiger partial charge in [0.05, 0.1) is 10.8 Å². The standard InChI is InChI=1S/C23H32F6O5/c1-6-17(2,3)15(30)34-20-10-13-7-14(11-20)9-19(8-13,12-20)16(31)33-18(4,5)21(32,22(24,25)26)23(27,28)29/h13-14,32H,6-12H2,1-5H3. The molecule has 4 rings (SSSR count). The van der Waals surface area contributed by atoms with E-state index in [1.807, 2.05) is 6.92 Å². The summed E-state index contributed by atoms with van der Waals surface area (Å²) in [5.41, 5.74) is -11.8. The molecule has 0 radical (unpaired) electrons. The summed E-state index contributed by atoms with van der Waals surface area (Å²) in [4.78, 5) is 26.1. The van der Waals surface area contributed by atoms with Gasteiger partial charge in [0.2, 0.25) is 0 Å². The van der Waals surface area contributed by atoms with E-state index < -0.39 is 51.9 Å². The zero-order valence-electron chi connectivity index (χ0n) is 20.0. The van der Waals surface area contributed by atoms with E-state index in [-0.39, 0.29) is 31.1 Å². The first-order valence-electron chi connectivity index (χ1n) is 11.5. The van der Waals surface area contributed by atoms with Crippen molar-refractivity contribution in [2.24, 2.45) is 22.7 Å². The third-order valence-corrected chi connectivity index (χ3v) is 8.23. The van der Waals surface area contributed by atoms with Gasteiger partial charge in [-0.2, -0.15) is 26.3 Å². The minimum Gasteiger partial charge on any atom is -0.459 e. The second-order valence-corrected chi connectivity index (χ2v) is 11.7. The molecule has 0 heterocycles. The van der Waals surface area contributed by atoms with Crippen LogP contribution in [0.4, 0.5) is 26.3 Å². The quantitative estimate of drug-likeness (QED) is 0.385. The summed E-state index contributed by atoms with van der Waals surface area (Å²) in [6.07, 6.45) is -9.63. The molecule has 0 aromatic heterocycles. The lowest BCUT2D eigenvalue weighted by Gasteiger charge is -2.60. The molecule has 0 aromatic rings. The van der Waals surface area contributed by atoms with Crippen LogP contribution in [0.2, 0.25) is 0 Å². The molecule has 2 atom stereocenters. The highest BCUT2D eigenvalue weighted by atomic mass is 19.4. The topological polar surface area (TPSA) is 72.8 Å². The van der Waals surface area contributed by atoms with Crippen molar-refractivity contribution in [3.63, 3.8) is 0 Å². The van der Waals surface area contributed by atoms with Crippen molar-refractivity contribution < 1.29 is 50.5 Å². The molecule has 196 valence electrons. The number of esters is 2. The number of alkyl halides is 6. The molecule has 0 amide bonds. The van der Waals surface area contributed by atoms with Crippen LogP contribution in [0.3, 0.4) is 0 Å². The van der Waals surface area contributed by atoms with Crippen molar-refractivity contribution in [3.05, 3.63) is 0 Å².